The first-order valence-electron chi connectivity index (χ1n) is 6.23. The molecule has 0 aliphatic carbocycles. The fraction of sp³-hybridized carbons (Fsp3) is 0.615. The lowest BCUT2D eigenvalue weighted by Gasteiger charge is -2.19. The minimum atomic E-state index is -0.0847. The number of rotatable bonds is 4. The van der Waals surface area contributed by atoms with Crippen molar-refractivity contribution in [2.75, 3.05) is 20.3 Å². The van der Waals surface area contributed by atoms with Gasteiger partial charge in [0.05, 0.1) is 25.2 Å². The van der Waals surface area contributed by atoms with Crippen molar-refractivity contribution in [3.63, 3.8) is 0 Å². The lowest BCUT2D eigenvalue weighted by Crippen LogP contribution is -2.43. The lowest BCUT2D eigenvalue weighted by atomic mass is 10.0. The largest absolute Gasteiger partial charge is 0.379 e. The monoisotopic (exact) mass is 268 g/mol. The van der Waals surface area contributed by atoms with Gasteiger partial charge in [0.25, 0.3) is 0 Å². The Morgan fingerprint density at radius 2 is 2.28 bits per heavy atom. The molecule has 2 N–H and O–H groups in total. The summed E-state index contributed by atoms with van der Waals surface area (Å²) in [7, 11) is 1.87. The molecule has 0 bridgehead atoms. The van der Waals surface area contributed by atoms with E-state index in [-0.39, 0.29) is 23.9 Å². The minimum absolute atomic E-state index is 0.0642. The number of aryl methyl sites for hydroxylation is 1. The molecule has 0 radical (unpaired) electrons. The van der Waals surface area contributed by atoms with Crippen LogP contribution in [-0.4, -0.2) is 32.2 Å². The first-order valence-corrected chi connectivity index (χ1v) is 7.05. The van der Waals surface area contributed by atoms with E-state index in [0.717, 1.165) is 0 Å². The molecular weight excluding hydrogens is 248 g/mol. The molecule has 5 heteroatoms. The zero-order valence-electron chi connectivity index (χ0n) is 11.0. The first kappa shape index (κ1) is 13.5. The van der Waals surface area contributed by atoms with Gasteiger partial charge in [-0.1, -0.05) is 0 Å². The molecule has 2 heterocycles. The second-order valence-corrected chi connectivity index (χ2v) is 6.04. The van der Waals surface area contributed by atoms with Gasteiger partial charge < -0.3 is 15.4 Å². The number of hydrogen-bond acceptors (Lipinski definition) is 4. The summed E-state index contributed by atoms with van der Waals surface area (Å²) in [4.78, 5) is 14.6. The summed E-state index contributed by atoms with van der Waals surface area (Å²) in [6.07, 6.45) is 0. The number of hydrogen-bond donors (Lipinski definition) is 2. The quantitative estimate of drug-likeness (QED) is 0.869. The third kappa shape index (κ3) is 2.91. The van der Waals surface area contributed by atoms with Gasteiger partial charge in [-0.05, 0) is 33.0 Å². The molecule has 0 aromatic carbocycles. The lowest BCUT2D eigenvalue weighted by molar-refractivity contribution is -0.126. The van der Waals surface area contributed by atoms with Gasteiger partial charge in [-0.2, -0.15) is 0 Å². The normalized spacial score (nSPS) is 25.1. The van der Waals surface area contributed by atoms with Gasteiger partial charge in [-0.3, -0.25) is 4.79 Å². The third-order valence-electron chi connectivity index (χ3n) is 3.33. The standard InChI is InChI=1S/C13H20N2O2S/c1-8-4-5-12(18-8)9(2)15-13(16)10-6-17-7-11(10)14-3/h4-5,9-11,14H,6-7H2,1-3H3,(H,15,16). The predicted octanol–water partition coefficient (Wildman–Crippen LogP) is 1.47. The van der Waals surface area contributed by atoms with E-state index in [4.69, 9.17) is 4.74 Å². The van der Waals surface area contributed by atoms with Gasteiger partial charge in [-0.25, -0.2) is 0 Å². The summed E-state index contributed by atoms with van der Waals surface area (Å²) >= 11 is 1.73. The van der Waals surface area contributed by atoms with E-state index in [1.54, 1.807) is 11.3 Å². The van der Waals surface area contributed by atoms with E-state index < -0.39 is 0 Å². The maximum Gasteiger partial charge on any atom is 0.227 e. The molecule has 0 spiro atoms. The summed E-state index contributed by atoms with van der Waals surface area (Å²) < 4.78 is 5.35. The number of carbonyl (C=O) groups is 1. The average molecular weight is 268 g/mol. The van der Waals surface area contributed by atoms with Crippen molar-refractivity contribution in [1.82, 2.24) is 10.6 Å². The summed E-state index contributed by atoms with van der Waals surface area (Å²) in [5, 5.41) is 6.20. The molecule has 1 aromatic heterocycles. The Kier molecular flexibility index (Phi) is 4.37. The Morgan fingerprint density at radius 1 is 1.50 bits per heavy atom. The van der Waals surface area contributed by atoms with Crippen molar-refractivity contribution in [2.45, 2.75) is 25.9 Å². The van der Waals surface area contributed by atoms with Gasteiger partial charge in [0, 0.05) is 15.8 Å². The summed E-state index contributed by atoms with van der Waals surface area (Å²) in [5.41, 5.74) is 0. The molecule has 2 rings (SSSR count). The van der Waals surface area contributed by atoms with Crippen LogP contribution in [0.15, 0.2) is 12.1 Å². The Hall–Kier alpha value is -0.910. The SMILES string of the molecule is CNC1COCC1C(=O)NC(C)c1ccc(C)s1. The van der Waals surface area contributed by atoms with Crippen LogP contribution in [0.3, 0.4) is 0 Å². The Balaban J connectivity index is 1.94. The van der Waals surface area contributed by atoms with Crippen molar-refractivity contribution in [3.8, 4) is 0 Å². The number of carbonyl (C=O) groups excluding carboxylic acids is 1. The fourth-order valence-electron chi connectivity index (χ4n) is 2.17. The predicted molar refractivity (Wildman–Crippen MR) is 72.8 cm³/mol. The van der Waals surface area contributed by atoms with E-state index in [1.165, 1.54) is 9.75 Å². The Bertz CT molecular complexity index is 419. The van der Waals surface area contributed by atoms with Crippen LogP contribution in [0.25, 0.3) is 0 Å². The maximum atomic E-state index is 12.2. The van der Waals surface area contributed by atoms with Gasteiger partial charge in [0.2, 0.25) is 5.91 Å². The zero-order valence-corrected chi connectivity index (χ0v) is 11.8. The van der Waals surface area contributed by atoms with Crippen LogP contribution in [0.4, 0.5) is 0 Å². The molecule has 1 fully saturated rings. The maximum absolute atomic E-state index is 12.2. The van der Waals surface area contributed by atoms with Crippen LogP contribution in [-0.2, 0) is 9.53 Å². The first-order chi connectivity index (χ1) is 8.61. The molecule has 1 aliphatic rings. The number of thiophene rings is 1. The van der Waals surface area contributed by atoms with E-state index in [2.05, 4.69) is 29.7 Å². The number of likely N-dealkylation sites (N-methyl/N-ethyl adjacent to an activating group) is 1. The highest BCUT2D eigenvalue weighted by Crippen LogP contribution is 2.23. The fourth-order valence-corrected chi connectivity index (χ4v) is 3.05. The zero-order chi connectivity index (χ0) is 13.1. The third-order valence-corrected chi connectivity index (χ3v) is 4.52. The highest BCUT2D eigenvalue weighted by Gasteiger charge is 2.33. The van der Waals surface area contributed by atoms with Gasteiger partial charge in [-0.15, -0.1) is 11.3 Å². The number of nitrogens with one attached hydrogen (secondary N) is 2. The highest BCUT2D eigenvalue weighted by atomic mass is 32.1. The molecule has 1 amide bonds. The van der Waals surface area contributed by atoms with Crippen LogP contribution < -0.4 is 10.6 Å². The van der Waals surface area contributed by atoms with Crippen molar-refractivity contribution < 1.29 is 9.53 Å². The van der Waals surface area contributed by atoms with Gasteiger partial charge >= 0.3 is 0 Å². The Morgan fingerprint density at radius 3 is 2.89 bits per heavy atom. The number of ether oxygens (including phenoxy) is 1. The van der Waals surface area contributed by atoms with Gasteiger partial charge in [0.1, 0.15) is 0 Å². The molecule has 3 atom stereocenters. The Labute approximate surface area is 112 Å². The molecule has 100 valence electrons. The smallest absolute Gasteiger partial charge is 0.227 e. The van der Waals surface area contributed by atoms with Gasteiger partial charge in [0.15, 0.2) is 0 Å². The summed E-state index contributed by atoms with van der Waals surface area (Å²) in [6.45, 7) is 5.21. The minimum Gasteiger partial charge on any atom is -0.379 e. The van der Waals surface area contributed by atoms with Crippen LogP contribution in [0.1, 0.15) is 22.7 Å². The molecule has 3 unspecified atom stereocenters. The van der Waals surface area contributed by atoms with E-state index in [1.807, 2.05) is 14.0 Å². The second kappa shape index (κ2) is 5.82. The second-order valence-electron chi connectivity index (χ2n) is 4.72. The average Bonchev–Trinajstić information content (AvgIpc) is 2.96. The molecule has 4 nitrogen and oxygen atoms in total. The van der Waals surface area contributed by atoms with E-state index in [9.17, 15) is 4.79 Å². The molecule has 1 aliphatic heterocycles. The number of amides is 1. The van der Waals surface area contributed by atoms with Crippen molar-refractivity contribution in [1.29, 1.82) is 0 Å². The van der Waals surface area contributed by atoms with E-state index >= 15 is 0 Å². The van der Waals surface area contributed by atoms with Crippen molar-refractivity contribution in [3.05, 3.63) is 21.9 Å². The van der Waals surface area contributed by atoms with Crippen LogP contribution in [0.5, 0.6) is 0 Å². The van der Waals surface area contributed by atoms with E-state index in [0.29, 0.717) is 13.2 Å². The van der Waals surface area contributed by atoms with Crippen molar-refractivity contribution in [2.24, 2.45) is 5.92 Å². The molecule has 1 aromatic rings. The topological polar surface area (TPSA) is 50.4 Å². The summed E-state index contributed by atoms with van der Waals surface area (Å²) in [6, 6.07) is 4.35. The van der Waals surface area contributed by atoms with Crippen molar-refractivity contribution >= 4 is 17.2 Å². The van der Waals surface area contributed by atoms with Crippen LogP contribution in [0, 0.1) is 12.8 Å². The highest BCUT2D eigenvalue weighted by molar-refractivity contribution is 7.12. The van der Waals surface area contributed by atoms with Crippen LogP contribution in [0.2, 0.25) is 0 Å². The molecule has 1 saturated heterocycles. The van der Waals surface area contributed by atoms with Crippen LogP contribution >= 0.6 is 11.3 Å². The molecule has 0 saturated carbocycles. The summed E-state index contributed by atoms with van der Waals surface area (Å²) in [5.74, 6) is -0.0103. The molecular formula is C13H20N2O2S. The molecule has 18 heavy (non-hydrogen) atoms.